The van der Waals surface area contributed by atoms with Gasteiger partial charge in [0, 0.05) is 0 Å². The summed E-state index contributed by atoms with van der Waals surface area (Å²) in [6.45, 7) is 0. The van der Waals surface area contributed by atoms with Crippen LogP contribution in [0.1, 0.15) is 0 Å². The zero-order valence-electron chi connectivity index (χ0n) is 3.74. The summed E-state index contributed by atoms with van der Waals surface area (Å²) in [5.41, 5.74) is 0.917. The second-order valence-corrected chi connectivity index (χ2v) is 2.59. The van der Waals surface area contributed by atoms with Gasteiger partial charge in [0.2, 0.25) is 0 Å². The summed E-state index contributed by atoms with van der Waals surface area (Å²) in [5, 5.41) is 0. The molecule has 2 aromatic rings. The lowest BCUT2D eigenvalue weighted by molar-refractivity contribution is 1.56. The highest BCUT2D eigenvalue weighted by Gasteiger charge is 1.96. The smallest absolute Gasteiger partial charge is 0.177 e. The average molecular weight is 143 g/mol. The van der Waals surface area contributed by atoms with Crippen molar-refractivity contribution in [2.24, 2.45) is 0 Å². The van der Waals surface area contributed by atoms with E-state index in [2.05, 4.69) is 13.1 Å². The average Bonchev–Trinajstić information content (AvgIpc) is 2.15. The molecular formula is C3HN3S2. The Labute approximate surface area is 53.5 Å². The molecule has 0 saturated carbocycles. The molecule has 0 saturated heterocycles. The predicted octanol–water partition coefficient (Wildman–Crippen LogP) is 1.15. The van der Waals surface area contributed by atoms with Crippen molar-refractivity contribution >= 4 is 33.6 Å². The molecular weight excluding hydrogens is 142 g/mol. The minimum Gasteiger partial charge on any atom is -0.197 e. The molecule has 2 aromatic heterocycles. The van der Waals surface area contributed by atoms with Crippen molar-refractivity contribution in [1.29, 1.82) is 0 Å². The van der Waals surface area contributed by atoms with Gasteiger partial charge in [-0.1, -0.05) is 0 Å². The van der Waals surface area contributed by atoms with E-state index in [0.717, 1.165) is 10.3 Å². The Hall–Kier alpha value is -0.550. The highest BCUT2D eigenvalue weighted by molar-refractivity contribution is 7.14. The third-order valence-electron chi connectivity index (χ3n) is 0.796. The lowest BCUT2D eigenvalue weighted by Gasteiger charge is -1.56. The van der Waals surface area contributed by atoms with Gasteiger partial charge in [-0.15, -0.1) is 0 Å². The van der Waals surface area contributed by atoms with Crippen molar-refractivity contribution < 1.29 is 0 Å². The molecule has 2 heterocycles. The molecule has 0 atom stereocenters. The molecule has 40 valence electrons. The Morgan fingerprint density at radius 2 is 2.38 bits per heavy atom. The van der Waals surface area contributed by atoms with Crippen LogP contribution in [0.25, 0.3) is 10.3 Å². The first-order valence-corrected chi connectivity index (χ1v) is 3.50. The summed E-state index contributed by atoms with van der Waals surface area (Å²) in [6.07, 6.45) is 1.73. The van der Waals surface area contributed by atoms with Gasteiger partial charge in [0.15, 0.2) is 4.83 Å². The zero-order chi connectivity index (χ0) is 5.40. The van der Waals surface area contributed by atoms with Crippen LogP contribution in [-0.2, 0) is 0 Å². The third-order valence-corrected chi connectivity index (χ3v) is 2.14. The standard InChI is InChI=1S/C3HN3S2/c1-2-3(7-4-1)6-8-5-2/h1H. The molecule has 0 aliphatic carbocycles. The first kappa shape index (κ1) is 4.34. The Balaban J connectivity index is 3.06. The van der Waals surface area contributed by atoms with E-state index in [1.54, 1.807) is 6.20 Å². The Morgan fingerprint density at radius 3 is 3.25 bits per heavy atom. The van der Waals surface area contributed by atoms with Crippen LogP contribution in [0.5, 0.6) is 0 Å². The molecule has 0 aliphatic heterocycles. The highest BCUT2D eigenvalue weighted by Crippen LogP contribution is 2.13. The van der Waals surface area contributed by atoms with Crippen LogP contribution < -0.4 is 0 Å². The van der Waals surface area contributed by atoms with Gasteiger partial charge in [-0.05, 0) is 11.5 Å². The van der Waals surface area contributed by atoms with Crippen molar-refractivity contribution in [1.82, 2.24) is 13.1 Å². The Morgan fingerprint density at radius 1 is 1.38 bits per heavy atom. The summed E-state index contributed by atoms with van der Waals surface area (Å²) in [7, 11) is 0. The van der Waals surface area contributed by atoms with Crippen molar-refractivity contribution in [3.8, 4) is 0 Å². The second kappa shape index (κ2) is 1.46. The largest absolute Gasteiger partial charge is 0.197 e. The van der Waals surface area contributed by atoms with Crippen molar-refractivity contribution in [2.75, 3.05) is 0 Å². The molecule has 0 radical (unpaired) electrons. The van der Waals surface area contributed by atoms with Crippen molar-refractivity contribution in [2.45, 2.75) is 0 Å². The van der Waals surface area contributed by atoms with Gasteiger partial charge >= 0.3 is 0 Å². The summed E-state index contributed by atoms with van der Waals surface area (Å²) in [4.78, 5) is 0.940. The number of hydrogen-bond acceptors (Lipinski definition) is 5. The van der Waals surface area contributed by atoms with Crippen LogP contribution in [0, 0.1) is 0 Å². The number of nitrogens with zero attached hydrogens (tertiary/aromatic N) is 3. The Bertz CT molecular complexity index is 234. The van der Waals surface area contributed by atoms with Crippen LogP contribution in [0.4, 0.5) is 0 Å². The first-order chi connectivity index (χ1) is 3.97. The molecule has 2 rings (SSSR count). The monoisotopic (exact) mass is 143 g/mol. The van der Waals surface area contributed by atoms with Crippen molar-refractivity contribution in [3.63, 3.8) is 0 Å². The normalized spacial score (nSPS) is 10.5. The van der Waals surface area contributed by atoms with Gasteiger partial charge in [0.1, 0.15) is 5.52 Å². The quantitative estimate of drug-likeness (QED) is 0.555. The van der Waals surface area contributed by atoms with E-state index in [-0.39, 0.29) is 0 Å². The summed E-state index contributed by atoms with van der Waals surface area (Å²) in [6, 6.07) is 0. The fraction of sp³-hybridized carbons (Fsp3) is 0. The SMILES string of the molecule is c1nsc2nsnc12. The molecule has 0 fully saturated rings. The van der Waals surface area contributed by atoms with Crippen LogP contribution in [0.3, 0.4) is 0 Å². The number of fused-ring (bicyclic) bond motifs is 1. The molecule has 0 bridgehead atoms. The van der Waals surface area contributed by atoms with Gasteiger partial charge in [-0.3, -0.25) is 0 Å². The molecule has 0 unspecified atom stereocenters. The van der Waals surface area contributed by atoms with E-state index in [9.17, 15) is 0 Å². The molecule has 0 N–H and O–H groups in total. The minimum atomic E-state index is 0.917. The van der Waals surface area contributed by atoms with Crippen molar-refractivity contribution in [3.05, 3.63) is 6.20 Å². The molecule has 0 aliphatic rings. The Kier molecular flexibility index (Phi) is 0.793. The fourth-order valence-corrected chi connectivity index (χ4v) is 1.62. The summed E-state index contributed by atoms with van der Waals surface area (Å²) in [5.74, 6) is 0. The van der Waals surface area contributed by atoms with Crippen LogP contribution in [0.15, 0.2) is 6.20 Å². The van der Waals surface area contributed by atoms with Crippen LogP contribution >= 0.6 is 23.3 Å². The van der Waals surface area contributed by atoms with E-state index in [0.29, 0.717) is 0 Å². The van der Waals surface area contributed by atoms with E-state index >= 15 is 0 Å². The molecule has 0 amide bonds. The number of rotatable bonds is 0. The fourth-order valence-electron chi connectivity index (χ4n) is 0.456. The first-order valence-electron chi connectivity index (χ1n) is 2.00. The van der Waals surface area contributed by atoms with Gasteiger partial charge in [0.25, 0.3) is 0 Å². The van der Waals surface area contributed by atoms with E-state index in [4.69, 9.17) is 0 Å². The summed E-state index contributed by atoms with van der Waals surface area (Å²) >= 11 is 2.61. The van der Waals surface area contributed by atoms with E-state index in [1.807, 2.05) is 0 Å². The van der Waals surface area contributed by atoms with Gasteiger partial charge in [-0.25, -0.2) is 0 Å². The molecule has 0 spiro atoms. The molecule has 0 aromatic carbocycles. The maximum Gasteiger partial charge on any atom is 0.177 e. The van der Waals surface area contributed by atoms with Crippen LogP contribution in [-0.4, -0.2) is 13.1 Å². The maximum absolute atomic E-state index is 3.97. The zero-order valence-corrected chi connectivity index (χ0v) is 5.37. The highest BCUT2D eigenvalue weighted by atomic mass is 32.1. The van der Waals surface area contributed by atoms with Gasteiger partial charge < -0.3 is 0 Å². The minimum absolute atomic E-state index is 0.917. The van der Waals surface area contributed by atoms with E-state index < -0.39 is 0 Å². The third kappa shape index (κ3) is 0.452. The second-order valence-electron chi connectivity index (χ2n) is 1.28. The van der Waals surface area contributed by atoms with E-state index in [1.165, 1.54) is 23.3 Å². The predicted molar refractivity (Wildman–Crippen MR) is 33.1 cm³/mol. The van der Waals surface area contributed by atoms with Crippen LogP contribution in [0.2, 0.25) is 0 Å². The molecule has 5 heteroatoms. The topological polar surface area (TPSA) is 38.7 Å². The maximum atomic E-state index is 3.97. The number of aromatic nitrogens is 3. The molecule has 8 heavy (non-hydrogen) atoms. The lowest BCUT2D eigenvalue weighted by atomic mass is 10.7. The lowest BCUT2D eigenvalue weighted by Crippen LogP contribution is -1.49. The van der Waals surface area contributed by atoms with Gasteiger partial charge in [-0.2, -0.15) is 13.1 Å². The summed E-state index contributed by atoms with van der Waals surface area (Å²) < 4.78 is 11.8. The molecule has 3 nitrogen and oxygen atoms in total. The number of hydrogen-bond donors (Lipinski definition) is 0. The van der Waals surface area contributed by atoms with Gasteiger partial charge in [0.05, 0.1) is 17.9 Å².